The minimum atomic E-state index is -0.255. The number of amides is 2. The Morgan fingerprint density at radius 3 is 1.97 bits per heavy atom. The molecule has 0 saturated carbocycles. The van der Waals surface area contributed by atoms with Crippen LogP contribution in [0.15, 0.2) is 42.5 Å². The quantitative estimate of drug-likeness (QED) is 0.696. The van der Waals surface area contributed by atoms with Crippen LogP contribution in [-0.2, 0) is 4.79 Å². The molecule has 1 heterocycles. The number of nitrogens with one attached hydrogen (secondary N) is 2. The van der Waals surface area contributed by atoms with E-state index in [2.05, 4.69) is 15.5 Å². The second-order valence-electron chi connectivity index (χ2n) is 7.67. The lowest BCUT2D eigenvalue weighted by molar-refractivity contribution is -0.117. The number of anilines is 2. The van der Waals surface area contributed by atoms with E-state index in [4.69, 9.17) is 9.47 Å². The Morgan fingerprint density at radius 1 is 0.839 bits per heavy atom. The normalized spacial score (nSPS) is 14.8. The molecular formula is C24H31N3O4. The standard InChI is InChI=1S/C24H31N3O4/c1-30-21-16-20(26-24(29)18-11-7-6-8-12-18)22(31-2)15-19(21)25-23(28)17-27-13-9-4-3-5-10-14-27/h6-8,11-12,15-16H,3-5,9-10,13-14,17H2,1-2H3,(H,25,28)(H,26,29). The van der Waals surface area contributed by atoms with Gasteiger partial charge in [0.2, 0.25) is 5.91 Å². The second-order valence-corrected chi connectivity index (χ2v) is 7.67. The van der Waals surface area contributed by atoms with Crippen LogP contribution >= 0.6 is 0 Å². The fraction of sp³-hybridized carbons (Fsp3) is 0.417. The monoisotopic (exact) mass is 425 g/mol. The lowest BCUT2D eigenvalue weighted by Gasteiger charge is -2.24. The van der Waals surface area contributed by atoms with Crippen molar-refractivity contribution in [2.24, 2.45) is 0 Å². The lowest BCUT2D eigenvalue weighted by Crippen LogP contribution is -2.35. The number of nitrogens with zero attached hydrogens (tertiary/aromatic N) is 1. The maximum absolute atomic E-state index is 12.7. The summed E-state index contributed by atoms with van der Waals surface area (Å²) in [6.07, 6.45) is 5.98. The van der Waals surface area contributed by atoms with Crippen molar-refractivity contribution in [3.8, 4) is 11.5 Å². The van der Waals surface area contributed by atoms with Gasteiger partial charge in [-0.2, -0.15) is 0 Å². The summed E-state index contributed by atoms with van der Waals surface area (Å²) in [4.78, 5) is 27.4. The average Bonchev–Trinajstić information content (AvgIpc) is 2.76. The summed E-state index contributed by atoms with van der Waals surface area (Å²) in [5.74, 6) is 0.536. The zero-order valence-electron chi connectivity index (χ0n) is 18.3. The molecule has 2 amide bonds. The summed E-state index contributed by atoms with van der Waals surface area (Å²) < 4.78 is 10.9. The van der Waals surface area contributed by atoms with Crippen molar-refractivity contribution < 1.29 is 19.1 Å². The fourth-order valence-corrected chi connectivity index (χ4v) is 3.74. The predicted octanol–water partition coefficient (Wildman–Crippen LogP) is 4.16. The number of hydrogen-bond acceptors (Lipinski definition) is 5. The van der Waals surface area contributed by atoms with Crippen molar-refractivity contribution in [2.45, 2.75) is 32.1 Å². The van der Waals surface area contributed by atoms with Gasteiger partial charge in [-0.15, -0.1) is 0 Å². The molecule has 3 rings (SSSR count). The summed E-state index contributed by atoms with van der Waals surface area (Å²) in [6, 6.07) is 12.3. The number of methoxy groups -OCH3 is 2. The van der Waals surface area contributed by atoms with Crippen LogP contribution in [0, 0.1) is 0 Å². The molecule has 7 nitrogen and oxygen atoms in total. The van der Waals surface area contributed by atoms with E-state index in [1.165, 1.54) is 33.5 Å². The van der Waals surface area contributed by atoms with Gasteiger partial charge >= 0.3 is 0 Å². The number of carbonyl (C=O) groups is 2. The van der Waals surface area contributed by atoms with Crippen LogP contribution < -0.4 is 20.1 Å². The molecule has 0 spiro atoms. The highest BCUT2D eigenvalue weighted by atomic mass is 16.5. The van der Waals surface area contributed by atoms with Crippen molar-refractivity contribution in [3.63, 3.8) is 0 Å². The number of hydrogen-bond donors (Lipinski definition) is 2. The van der Waals surface area contributed by atoms with Crippen LogP contribution in [-0.4, -0.2) is 50.6 Å². The van der Waals surface area contributed by atoms with E-state index in [9.17, 15) is 9.59 Å². The summed E-state index contributed by atoms with van der Waals surface area (Å²) in [6.45, 7) is 2.23. The van der Waals surface area contributed by atoms with Gasteiger partial charge in [0.1, 0.15) is 11.5 Å². The molecule has 2 N–H and O–H groups in total. The molecule has 1 saturated heterocycles. The maximum atomic E-state index is 12.7. The molecule has 1 aliphatic heterocycles. The maximum Gasteiger partial charge on any atom is 0.255 e. The summed E-state index contributed by atoms with van der Waals surface area (Å²) in [5.41, 5.74) is 1.51. The van der Waals surface area contributed by atoms with Gasteiger partial charge in [0.05, 0.1) is 32.1 Å². The first kappa shape index (κ1) is 22.6. The zero-order valence-corrected chi connectivity index (χ0v) is 18.3. The minimum Gasteiger partial charge on any atom is -0.494 e. The Hall–Kier alpha value is -3.06. The Kier molecular flexibility index (Phi) is 8.29. The van der Waals surface area contributed by atoms with Gasteiger partial charge in [0.15, 0.2) is 0 Å². The van der Waals surface area contributed by atoms with Crippen molar-refractivity contribution in [1.29, 1.82) is 0 Å². The molecule has 31 heavy (non-hydrogen) atoms. The van der Waals surface area contributed by atoms with E-state index in [1.807, 2.05) is 6.07 Å². The zero-order chi connectivity index (χ0) is 22.1. The third kappa shape index (κ3) is 6.46. The molecule has 1 fully saturated rings. The molecule has 166 valence electrons. The van der Waals surface area contributed by atoms with E-state index >= 15 is 0 Å². The van der Waals surface area contributed by atoms with E-state index in [0.717, 1.165) is 25.9 Å². The van der Waals surface area contributed by atoms with Gasteiger partial charge in [-0.25, -0.2) is 0 Å². The van der Waals surface area contributed by atoms with Crippen LogP contribution in [0.3, 0.4) is 0 Å². The fourth-order valence-electron chi connectivity index (χ4n) is 3.74. The third-order valence-corrected chi connectivity index (χ3v) is 5.40. The molecule has 0 aliphatic carbocycles. The molecule has 0 unspecified atom stereocenters. The Bertz CT molecular complexity index is 878. The topological polar surface area (TPSA) is 79.9 Å². The van der Waals surface area contributed by atoms with Crippen molar-refractivity contribution >= 4 is 23.2 Å². The predicted molar refractivity (Wildman–Crippen MR) is 122 cm³/mol. The van der Waals surface area contributed by atoms with E-state index < -0.39 is 0 Å². The smallest absolute Gasteiger partial charge is 0.255 e. The average molecular weight is 426 g/mol. The Labute approximate surface area is 183 Å². The molecule has 0 radical (unpaired) electrons. The SMILES string of the molecule is COc1cc(NC(=O)c2ccccc2)c(OC)cc1NC(=O)CN1CCCCCCC1. The van der Waals surface area contributed by atoms with Gasteiger partial charge in [-0.1, -0.05) is 37.5 Å². The van der Waals surface area contributed by atoms with Crippen LogP contribution in [0.4, 0.5) is 11.4 Å². The molecule has 0 bridgehead atoms. The second kappa shape index (κ2) is 11.4. The first-order valence-electron chi connectivity index (χ1n) is 10.8. The minimum absolute atomic E-state index is 0.0954. The number of benzene rings is 2. The van der Waals surface area contributed by atoms with Gasteiger partial charge in [-0.05, 0) is 38.1 Å². The number of ether oxygens (including phenoxy) is 2. The largest absolute Gasteiger partial charge is 0.494 e. The van der Waals surface area contributed by atoms with E-state index in [0.29, 0.717) is 35.0 Å². The molecule has 7 heteroatoms. The highest BCUT2D eigenvalue weighted by molar-refractivity contribution is 6.05. The van der Waals surface area contributed by atoms with Gasteiger partial charge in [-0.3, -0.25) is 14.5 Å². The van der Waals surface area contributed by atoms with E-state index in [-0.39, 0.29) is 11.8 Å². The number of rotatable bonds is 7. The summed E-state index contributed by atoms with van der Waals surface area (Å²) in [7, 11) is 3.05. The number of carbonyl (C=O) groups excluding carboxylic acids is 2. The molecule has 0 atom stereocenters. The Balaban J connectivity index is 1.71. The first-order valence-corrected chi connectivity index (χ1v) is 10.8. The van der Waals surface area contributed by atoms with Crippen LogP contribution in [0.25, 0.3) is 0 Å². The van der Waals surface area contributed by atoms with Crippen molar-refractivity contribution in [2.75, 3.05) is 44.5 Å². The van der Waals surface area contributed by atoms with Crippen LogP contribution in [0.1, 0.15) is 42.5 Å². The van der Waals surface area contributed by atoms with E-state index in [1.54, 1.807) is 36.4 Å². The molecule has 1 aliphatic rings. The number of likely N-dealkylation sites (tertiary alicyclic amines) is 1. The Morgan fingerprint density at radius 2 is 1.39 bits per heavy atom. The highest BCUT2D eigenvalue weighted by Gasteiger charge is 2.18. The molecule has 2 aromatic rings. The van der Waals surface area contributed by atoms with Gasteiger partial charge in [0.25, 0.3) is 5.91 Å². The van der Waals surface area contributed by atoms with Gasteiger partial charge in [0, 0.05) is 17.7 Å². The van der Waals surface area contributed by atoms with Crippen LogP contribution in [0.2, 0.25) is 0 Å². The summed E-state index contributed by atoms with van der Waals surface area (Å²) in [5, 5.41) is 5.78. The molecule has 2 aromatic carbocycles. The van der Waals surface area contributed by atoms with Crippen LogP contribution in [0.5, 0.6) is 11.5 Å². The summed E-state index contributed by atoms with van der Waals surface area (Å²) >= 11 is 0. The van der Waals surface area contributed by atoms with Crippen molar-refractivity contribution in [3.05, 3.63) is 48.0 Å². The molecule has 0 aromatic heterocycles. The highest BCUT2D eigenvalue weighted by Crippen LogP contribution is 2.36. The van der Waals surface area contributed by atoms with Crippen molar-refractivity contribution in [1.82, 2.24) is 4.90 Å². The third-order valence-electron chi connectivity index (χ3n) is 5.40. The lowest BCUT2D eigenvalue weighted by atomic mass is 10.1. The molecular weight excluding hydrogens is 394 g/mol. The van der Waals surface area contributed by atoms with Gasteiger partial charge < -0.3 is 20.1 Å². The first-order chi connectivity index (χ1) is 15.1.